The standard InChI is InChI=1S/C6H7NO4S/c1-4-6(5(2)11-7-4)12(8,9)10-3/h3H,1-2H3. The van der Waals surface area contributed by atoms with Gasteiger partial charge in [-0.2, -0.15) is 8.42 Å². The van der Waals surface area contributed by atoms with Crippen molar-refractivity contribution in [3.05, 3.63) is 18.6 Å². The molecule has 0 spiro atoms. The predicted molar refractivity (Wildman–Crippen MR) is 38.5 cm³/mol. The van der Waals surface area contributed by atoms with Crippen LogP contribution < -0.4 is 0 Å². The molecule has 12 heavy (non-hydrogen) atoms. The van der Waals surface area contributed by atoms with Crippen molar-refractivity contribution < 1.29 is 17.1 Å². The third-order valence-electron chi connectivity index (χ3n) is 1.34. The average Bonchev–Trinajstić information content (AvgIpc) is 2.31. The van der Waals surface area contributed by atoms with Gasteiger partial charge in [-0.05, 0) is 13.8 Å². The largest absolute Gasteiger partial charge is 0.360 e. The van der Waals surface area contributed by atoms with E-state index in [-0.39, 0.29) is 16.3 Å². The van der Waals surface area contributed by atoms with Crippen molar-refractivity contribution in [3.8, 4) is 0 Å². The Morgan fingerprint density at radius 2 is 2.08 bits per heavy atom. The van der Waals surface area contributed by atoms with Gasteiger partial charge in [-0.1, -0.05) is 5.16 Å². The molecule has 0 unspecified atom stereocenters. The maximum absolute atomic E-state index is 11.1. The molecular weight excluding hydrogens is 182 g/mol. The summed E-state index contributed by atoms with van der Waals surface area (Å²) in [5, 5.41) is 3.44. The molecule has 0 aliphatic heterocycles. The predicted octanol–water partition coefficient (Wildman–Crippen LogP) is 0.665. The first-order valence-electron chi connectivity index (χ1n) is 3.05. The van der Waals surface area contributed by atoms with E-state index in [4.69, 9.17) is 0 Å². The van der Waals surface area contributed by atoms with Crippen LogP contribution in [0.15, 0.2) is 9.42 Å². The van der Waals surface area contributed by atoms with Crippen molar-refractivity contribution in [1.29, 1.82) is 0 Å². The van der Waals surface area contributed by atoms with E-state index in [1.165, 1.54) is 13.8 Å². The number of hydrogen-bond donors (Lipinski definition) is 0. The number of rotatable bonds is 2. The molecule has 0 aliphatic carbocycles. The second kappa shape index (κ2) is 2.87. The second-order valence-electron chi connectivity index (χ2n) is 2.20. The van der Waals surface area contributed by atoms with E-state index in [1.807, 2.05) is 0 Å². The van der Waals surface area contributed by atoms with Crippen LogP contribution in [-0.4, -0.2) is 13.6 Å². The minimum Gasteiger partial charge on any atom is -0.360 e. The Labute approximate surface area is 70.4 Å². The molecule has 1 aromatic heterocycles. The van der Waals surface area contributed by atoms with Gasteiger partial charge in [-0.3, -0.25) is 4.18 Å². The Bertz CT molecular complexity index is 359. The van der Waals surface area contributed by atoms with E-state index in [9.17, 15) is 8.42 Å². The molecule has 1 aromatic rings. The molecule has 0 N–H and O–H groups in total. The minimum absolute atomic E-state index is 0.106. The smallest absolute Gasteiger partial charge is 0.302 e. The number of hydrogen-bond acceptors (Lipinski definition) is 5. The Hall–Kier alpha value is -0.880. The molecule has 0 saturated heterocycles. The van der Waals surface area contributed by atoms with Crippen LogP contribution in [0.2, 0.25) is 0 Å². The van der Waals surface area contributed by atoms with Crippen LogP contribution in [0.3, 0.4) is 0 Å². The first-order chi connectivity index (χ1) is 5.49. The van der Waals surface area contributed by atoms with E-state index in [1.54, 1.807) is 0 Å². The SMILES string of the molecule is [CH]OS(=O)(=O)c1c(C)noc1C. The highest BCUT2D eigenvalue weighted by Crippen LogP contribution is 2.20. The molecule has 0 saturated carbocycles. The fourth-order valence-corrected chi connectivity index (χ4v) is 1.76. The zero-order valence-corrected chi connectivity index (χ0v) is 7.38. The van der Waals surface area contributed by atoms with Crippen molar-refractivity contribution in [1.82, 2.24) is 5.16 Å². The number of aryl methyl sites for hydroxylation is 2. The van der Waals surface area contributed by atoms with Gasteiger partial charge in [0.05, 0.1) is 0 Å². The van der Waals surface area contributed by atoms with Crippen LogP contribution >= 0.6 is 0 Å². The summed E-state index contributed by atoms with van der Waals surface area (Å²) in [7, 11) is 0.683. The first-order valence-corrected chi connectivity index (χ1v) is 4.46. The van der Waals surface area contributed by atoms with Crippen LogP contribution in [0, 0.1) is 21.0 Å². The van der Waals surface area contributed by atoms with E-state index in [0.717, 1.165) is 0 Å². The quantitative estimate of drug-likeness (QED) is 0.639. The fourth-order valence-electron chi connectivity index (χ4n) is 0.880. The molecule has 0 aliphatic rings. The van der Waals surface area contributed by atoms with E-state index >= 15 is 0 Å². The highest BCUT2D eigenvalue weighted by molar-refractivity contribution is 7.86. The van der Waals surface area contributed by atoms with Crippen molar-refractivity contribution in [3.63, 3.8) is 0 Å². The van der Waals surface area contributed by atoms with Crippen LogP contribution in [-0.2, 0) is 14.3 Å². The maximum Gasteiger partial charge on any atom is 0.302 e. The lowest BCUT2D eigenvalue weighted by atomic mass is 10.4. The van der Waals surface area contributed by atoms with Gasteiger partial charge in [0.1, 0.15) is 12.8 Å². The van der Waals surface area contributed by atoms with E-state index in [2.05, 4.69) is 21.0 Å². The third kappa shape index (κ3) is 1.35. The molecular formula is C6H7NO4S. The normalized spacial score (nSPS) is 11.9. The summed E-state index contributed by atoms with van der Waals surface area (Å²) in [6.45, 7) is 2.95. The Kier molecular flexibility index (Phi) is 2.20. The fraction of sp³-hybridized carbons (Fsp3) is 0.333. The number of nitrogens with zero attached hydrogens (tertiary/aromatic N) is 1. The Balaban J connectivity index is 3.37. The van der Waals surface area contributed by atoms with Crippen LogP contribution in [0.25, 0.3) is 0 Å². The zero-order valence-electron chi connectivity index (χ0n) is 6.57. The molecule has 0 fully saturated rings. The lowest BCUT2D eigenvalue weighted by molar-refractivity contribution is 0.388. The molecule has 1 heterocycles. The summed E-state index contributed by atoms with van der Waals surface area (Å²) in [4.78, 5) is -0.106. The summed E-state index contributed by atoms with van der Waals surface area (Å²) in [5.74, 6) is 0.165. The molecule has 66 valence electrons. The van der Waals surface area contributed by atoms with Gasteiger partial charge in [0.25, 0.3) is 0 Å². The van der Waals surface area contributed by atoms with Gasteiger partial charge < -0.3 is 4.52 Å². The molecule has 0 amide bonds. The lowest BCUT2D eigenvalue weighted by Gasteiger charge is -1.97. The lowest BCUT2D eigenvalue weighted by Crippen LogP contribution is -2.03. The summed E-state index contributed by atoms with van der Waals surface area (Å²) in [6.07, 6.45) is 0. The first kappa shape index (κ1) is 9.21. The third-order valence-corrected chi connectivity index (χ3v) is 2.68. The summed E-state index contributed by atoms with van der Waals surface area (Å²) >= 11 is 0. The average molecular weight is 189 g/mol. The van der Waals surface area contributed by atoms with Gasteiger partial charge in [-0.15, -0.1) is 0 Å². The highest BCUT2D eigenvalue weighted by Gasteiger charge is 2.23. The van der Waals surface area contributed by atoms with Crippen LogP contribution in [0.4, 0.5) is 0 Å². The summed E-state index contributed by atoms with van der Waals surface area (Å²) < 4.78 is 30.5. The van der Waals surface area contributed by atoms with E-state index < -0.39 is 10.1 Å². The highest BCUT2D eigenvalue weighted by atomic mass is 32.2. The van der Waals surface area contributed by atoms with Crippen molar-refractivity contribution in [2.75, 3.05) is 0 Å². The maximum atomic E-state index is 11.1. The minimum atomic E-state index is -3.89. The monoisotopic (exact) mass is 189 g/mol. The zero-order chi connectivity index (χ0) is 9.35. The molecule has 0 atom stereocenters. The molecule has 0 aromatic carbocycles. The molecule has 1 rings (SSSR count). The van der Waals surface area contributed by atoms with Crippen molar-refractivity contribution in [2.45, 2.75) is 18.7 Å². The number of aromatic nitrogens is 1. The second-order valence-corrected chi connectivity index (χ2v) is 3.71. The van der Waals surface area contributed by atoms with Gasteiger partial charge in [-0.25, -0.2) is 0 Å². The summed E-state index contributed by atoms with van der Waals surface area (Å²) in [5.41, 5.74) is 0.234. The topological polar surface area (TPSA) is 69.4 Å². The van der Waals surface area contributed by atoms with Gasteiger partial charge in [0.2, 0.25) is 0 Å². The molecule has 6 heteroatoms. The summed E-state index contributed by atoms with van der Waals surface area (Å²) in [6, 6.07) is 0. The van der Waals surface area contributed by atoms with E-state index in [0.29, 0.717) is 0 Å². The Morgan fingerprint density at radius 3 is 2.42 bits per heavy atom. The van der Waals surface area contributed by atoms with Gasteiger partial charge >= 0.3 is 10.1 Å². The Morgan fingerprint density at radius 1 is 1.50 bits per heavy atom. The van der Waals surface area contributed by atoms with Crippen molar-refractivity contribution in [2.24, 2.45) is 0 Å². The van der Waals surface area contributed by atoms with Gasteiger partial charge in [0.15, 0.2) is 10.7 Å². The molecule has 2 radical (unpaired) electrons. The van der Waals surface area contributed by atoms with Crippen molar-refractivity contribution >= 4 is 10.1 Å². The van der Waals surface area contributed by atoms with Gasteiger partial charge in [0, 0.05) is 0 Å². The molecule has 0 bridgehead atoms. The van der Waals surface area contributed by atoms with Crippen LogP contribution in [0.1, 0.15) is 11.5 Å². The van der Waals surface area contributed by atoms with Crippen LogP contribution in [0.5, 0.6) is 0 Å². The molecule has 5 nitrogen and oxygen atoms in total.